The maximum Gasteiger partial charge on any atom is 0.407 e. The molecule has 1 unspecified atom stereocenters. The molecule has 226 valence electrons. The summed E-state index contributed by atoms with van der Waals surface area (Å²) in [6.45, 7) is 6.45. The molecule has 4 heterocycles. The molecule has 43 heavy (non-hydrogen) atoms. The highest BCUT2D eigenvalue weighted by Gasteiger charge is 2.35. The van der Waals surface area contributed by atoms with Crippen molar-refractivity contribution in [1.82, 2.24) is 24.4 Å². The summed E-state index contributed by atoms with van der Waals surface area (Å²) in [5, 5.41) is 9.62. The number of nitrogens with zero attached hydrogens (tertiary/aromatic N) is 6. The summed E-state index contributed by atoms with van der Waals surface area (Å²) in [4.78, 5) is 41.4. The quantitative estimate of drug-likeness (QED) is 0.243. The molecule has 3 atom stereocenters. The van der Waals surface area contributed by atoms with Crippen molar-refractivity contribution in [2.75, 3.05) is 23.7 Å². The van der Waals surface area contributed by atoms with Crippen LogP contribution < -0.4 is 16.3 Å². The number of hydrogen-bond donors (Lipinski definition) is 2. The van der Waals surface area contributed by atoms with Crippen LogP contribution in [0.2, 0.25) is 0 Å². The average molecular weight is 600 g/mol. The lowest BCUT2D eigenvalue weighted by Crippen LogP contribution is -2.58. The molecule has 1 aromatic carbocycles. The molecule has 4 aromatic rings. The predicted octanol–water partition coefficient (Wildman–Crippen LogP) is 4.96. The molecule has 1 fully saturated rings. The SMILES string of the molecule is Cc1ccnc(C(C)C(F)F)c1-n1c(=O)nc(N2C[C@@H](C)N(C(=O)O)C[C@@H]2C)c2cc(F)c(-c3c(N)cccc3F)nc21. The van der Waals surface area contributed by atoms with Crippen LogP contribution in [0.5, 0.6) is 0 Å². The number of aryl methyl sites for hydroxylation is 1. The first-order chi connectivity index (χ1) is 20.3. The van der Waals surface area contributed by atoms with Gasteiger partial charge in [0.2, 0.25) is 6.43 Å². The van der Waals surface area contributed by atoms with Crippen molar-refractivity contribution in [3.63, 3.8) is 0 Å². The molecule has 5 rings (SSSR count). The molecule has 1 amide bonds. The van der Waals surface area contributed by atoms with E-state index in [1.165, 1.54) is 36.2 Å². The molecule has 0 bridgehead atoms. The van der Waals surface area contributed by atoms with Crippen molar-refractivity contribution in [1.29, 1.82) is 0 Å². The molecule has 3 aromatic heterocycles. The standard InChI is InChI=1S/C29H29F4N7O3/c1-13-8-9-35-22(16(4)25(32)33)24(13)40-27-17(10-19(31)23(36-27)21-18(30)6-5-7-20(21)34)26(37-28(40)41)38-11-15(3)39(29(42)43)12-14(38)2/h5-10,14-16,25H,11-12,34H2,1-4H3,(H,42,43)/t14-,15+,16?/m0/s1. The Bertz CT molecular complexity index is 1780. The number of anilines is 2. The highest BCUT2D eigenvalue weighted by molar-refractivity contribution is 5.91. The Morgan fingerprint density at radius 1 is 1.09 bits per heavy atom. The minimum Gasteiger partial charge on any atom is -0.465 e. The fraction of sp³-hybridized carbons (Fsp3) is 0.345. The zero-order valence-corrected chi connectivity index (χ0v) is 23.7. The number of nitrogens with two attached hydrogens (primary N) is 1. The lowest BCUT2D eigenvalue weighted by atomic mass is 10.0. The molecule has 3 N–H and O–H groups in total. The van der Waals surface area contributed by atoms with E-state index >= 15 is 4.39 Å². The first kappa shape index (κ1) is 29.7. The van der Waals surface area contributed by atoms with Crippen molar-refractivity contribution < 1.29 is 27.5 Å². The third-order valence-corrected chi connectivity index (χ3v) is 7.77. The van der Waals surface area contributed by atoms with Gasteiger partial charge < -0.3 is 20.6 Å². The van der Waals surface area contributed by atoms with Gasteiger partial charge in [0.1, 0.15) is 17.3 Å². The number of pyridine rings is 2. The number of hydrogen-bond acceptors (Lipinski definition) is 7. The van der Waals surface area contributed by atoms with E-state index in [1.54, 1.807) is 25.7 Å². The second-order valence-electron chi connectivity index (χ2n) is 10.7. The van der Waals surface area contributed by atoms with Crippen LogP contribution in [0.3, 0.4) is 0 Å². The van der Waals surface area contributed by atoms with Gasteiger partial charge in [0.05, 0.1) is 28.2 Å². The van der Waals surface area contributed by atoms with E-state index in [1.807, 2.05) is 0 Å². The number of amides is 1. The van der Waals surface area contributed by atoms with E-state index in [0.29, 0.717) is 5.56 Å². The van der Waals surface area contributed by atoms with Gasteiger partial charge in [-0.2, -0.15) is 4.98 Å². The number of carbonyl (C=O) groups is 1. The van der Waals surface area contributed by atoms with Crippen molar-refractivity contribution in [3.8, 4) is 16.9 Å². The van der Waals surface area contributed by atoms with Crippen molar-refractivity contribution in [2.24, 2.45) is 0 Å². The van der Waals surface area contributed by atoms with Crippen LogP contribution in [0.4, 0.5) is 33.9 Å². The molecule has 14 heteroatoms. The monoisotopic (exact) mass is 599 g/mol. The first-order valence-corrected chi connectivity index (χ1v) is 13.5. The van der Waals surface area contributed by atoms with Crippen LogP contribution in [0.25, 0.3) is 28.0 Å². The highest BCUT2D eigenvalue weighted by atomic mass is 19.3. The maximum absolute atomic E-state index is 15.9. The van der Waals surface area contributed by atoms with Crippen molar-refractivity contribution in [3.05, 3.63) is 69.9 Å². The number of rotatable bonds is 5. The summed E-state index contributed by atoms with van der Waals surface area (Å²) in [5.41, 5.74) is 4.24. The second-order valence-corrected chi connectivity index (χ2v) is 10.7. The number of piperazine rings is 1. The zero-order chi connectivity index (χ0) is 31.3. The smallest absolute Gasteiger partial charge is 0.407 e. The Morgan fingerprint density at radius 2 is 1.81 bits per heavy atom. The summed E-state index contributed by atoms with van der Waals surface area (Å²) in [6, 6.07) is 5.37. The Kier molecular flexibility index (Phi) is 7.71. The van der Waals surface area contributed by atoms with E-state index in [-0.39, 0.29) is 52.6 Å². The Balaban J connectivity index is 1.87. The van der Waals surface area contributed by atoms with Gasteiger partial charge in [0.25, 0.3) is 0 Å². The van der Waals surface area contributed by atoms with Gasteiger partial charge in [-0.3, -0.25) is 4.98 Å². The molecule has 0 spiro atoms. The number of alkyl halides is 2. The van der Waals surface area contributed by atoms with Crippen LogP contribution in [0, 0.1) is 18.6 Å². The van der Waals surface area contributed by atoms with Crippen LogP contribution in [0.1, 0.15) is 37.9 Å². The van der Waals surface area contributed by atoms with Crippen LogP contribution in [-0.4, -0.2) is 67.2 Å². The van der Waals surface area contributed by atoms with Gasteiger partial charge in [-0.1, -0.05) is 13.0 Å². The lowest BCUT2D eigenvalue weighted by Gasteiger charge is -2.43. The van der Waals surface area contributed by atoms with Crippen molar-refractivity contribution >= 4 is 28.6 Å². The fourth-order valence-corrected chi connectivity index (χ4v) is 5.50. The molecule has 1 aliphatic rings. The number of benzene rings is 1. The van der Waals surface area contributed by atoms with Crippen molar-refractivity contribution in [2.45, 2.75) is 52.1 Å². The van der Waals surface area contributed by atoms with Gasteiger partial charge in [-0.05, 0) is 50.6 Å². The zero-order valence-electron chi connectivity index (χ0n) is 23.7. The normalized spacial score (nSPS) is 18.0. The number of nitrogen functional groups attached to an aromatic ring is 1. The number of halogens is 4. The summed E-state index contributed by atoms with van der Waals surface area (Å²) in [7, 11) is 0. The maximum atomic E-state index is 15.9. The minimum absolute atomic E-state index is 0.00646. The van der Waals surface area contributed by atoms with E-state index in [4.69, 9.17) is 5.73 Å². The molecule has 0 aliphatic carbocycles. The summed E-state index contributed by atoms with van der Waals surface area (Å²) in [5.74, 6) is -3.20. The number of aromatic nitrogens is 4. The predicted molar refractivity (Wildman–Crippen MR) is 153 cm³/mol. The first-order valence-electron chi connectivity index (χ1n) is 13.5. The second kappa shape index (κ2) is 11.2. The van der Waals surface area contributed by atoms with Gasteiger partial charge in [0, 0.05) is 37.1 Å². The molecular weight excluding hydrogens is 570 g/mol. The average Bonchev–Trinajstić information content (AvgIpc) is 2.94. The third kappa shape index (κ3) is 5.10. The van der Waals surface area contributed by atoms with E-state index in [9.17, 15) is 27.9 Å². The molecule has 0 saturated carbocycles. The Labute approximate surface area is 243 Å². The summed E-state index contributed by atoms with van der Waals surface area (Å²) < 4.78 is 59.7. The highest BCUT2D eigenvalue weighted by Crippen LogP contribution is 2.36. The van der Waals surface area contributed by atoms with E-state index in [2.05, 4.69) is 15.0 Å². The molecule has 10 nitrogen and oxygen atoms in total. The van der Waals surface area contributed by atoms with Crippen LogP contribution >= 0.6 is 0 Å². The summed E-state index contributed by atoms with van der Waals surface area (Å²) >= 11 is 0. The number of fused-ring (bicyclic) bond motifs is 1. The largest absolute Gasteiger partial charge is 0.465 e. The number of carboxylic acid groups (broad SMARTS) is 1. The fourth-order valence-electron chi connectivity index (χ4n) is 5.50. The summed E-state index contributed by atoms with van der Waals surface area (Å²) in [6.07, 6.45) is -2.60. The van der Waals surface area contributed by atoms with E-state index in [0.717, 1.165) is 16.7 Å². The molecule has 1 aliphatic heterocycles. The Hall–Kier alpha value is -4.75. The van der Waals surface area contributed by atoms with Gasteiger partial charge >= 0.3 is 11.8 Å². The van der Waals surface area contributed by atoms with E-state index < -0.39 is 53.5 Å². The topological polar surface area (TPSA) is 130 Å². The molecular formula is C29H29F4N7O3. The lowest BCUT2D eigenvalue weighted by molar-refractivity contribution is 0.114. The van der Waals surface area contributed by atoms with Gasteiger partial charge in [-0.15, -0.1) is 0 Å². The minimum atomic E-state index is -2.82. The Morgan fingerprint density at radius 3 is 2.47 bits per heavy atom. The third-order valence-electron chi connectivity index (χ3n) is 7.77. The molecule has 0 radical (unpaired) electrons. The van der Waals surface area contributed by atoms with Gasteiger partial charge in [0.15, 0.2) is 11.5 Å². The van der Waals surface area contributed by atoms with Crippen LogP contribution in [0.15, 0.2) is 41.3 Å². The van der Waals surface area contributed by atoms with Gasteiger partial charge in [-0.25, -0.2) is 36.7 Å². The van der Waals surface area contributed by atoms with Crippen LogP contribution in [-0.2, 0) is 0 Å². The molecule has 1 saturated heterocycles.